The molecule has 0 saturated carbocycles. The van der Waals surface area contributed by atoms with Crippen LogP contribution in [0.3, 0.4) is 0 Å². The topological polar surface area (TPSA) is 75.4 Å². The summed E-state index contributed by atoms with van der Waals surface area (Å²) in [5.41, 5.74) is 7.14. The summed E-state index contributed by atoms with van der Waals surface area (Å²) in [6.07, 6.45) is 2.12. The van der Waals surface area contributed by atoms with Crippen molar-refractivity contribution in [3.8, 4) is 0 Å². The predicted molar refractivity (Wildman–Crippen MR) is 79.7 cm³/mol. The van der Waals surface area contributed by atoms with E-state index in [0.29, 0.717) is 11.7 Å². The zero-order valence-electron chi connectivity index (χ0n) is 12.0. The molecule has 0 saturated heterocycles. The van der Waals surface area contributed by atoms with E-state index in [4.69, 9.17) is 5.73 Å². The van der Waals surface area contributed by atoms with Crippen molar-refractivity contribution in [1.29, 1.82) is 0 Å². The van der Waals surface area contributed by atoms with Crippen molar-refractivity contribution < 1.29 is 8.42 Å². The van der Waals surface area contributed by atoms with Crippen LogP contribution in [0.15, 0.2) is 23.1 Å². The molecule has 0 radical (unpaired) electrons. The highest BCUT2D eigenvalue weighted by molar-refractivity contribution is 7.89. The van der Waals surface area contributed by atoms with Gasteiger partial charge in [-0.05, 0) is 31.5 Å². The quantitative estimate of drug-likeness (QED) is 0.785. The van der Waals surface area contributed by atoms with Gasteiger partial charge in [0.2, 0.25) is 10.0 Å². The van der Waals surface area contributed by atoms with Gasteiger partial charge in [0.15, 0.2) is 0 Å². The summed E-state index contributed by atoms with van der Waals surface area (Å²) >= 11 is 0. The van der Waals surface area contributed by atoms with Crippen molar-refractivity contribution in [2.45, 2.75) is 37.6 Å². The van der Waals surface area contributed by atoms with E-state index in [2.05, 4.69) is 19.2 Å². The summed E-state index contributed by atoms with van der Waals surface area (Å²) < 4.78 is 25.1. The highest BCUT2D eigenvalue weighted by Gasteiger charge is 2.18. The highest BCUT2D eigenvalue weighted by atomic mass is 32.2. The third-order valence-electron chi connectivity index (χ3n) is 2.93. The lowest BCUT2D eigenvalue weighted by Gasteiger charge is -2.17. The van der Waals surface area contributed by atoms with Gasteiger partial charge >= 0.3 is 0 Å². The maximum atomic E-state index is 12.0. The molecule has 0 bridgehead atoms. The predicted octanol–water partition coefficient (Wildman–Crippen LogP) is 2.12. The van der Waals surface area contributed by atoms with Gasteiger partial charge in [-0.2, -0.15) is 0 Å². The molecule has 0 heterocycles. The van der Waals surface area contributed by atoms with Crippen LogP contribution in [0.25, 0.3) is 0 Å². The molecule has 1 atom stereocenters. The molecule has 0 aromatic heterocycles. The average Bonchev–Trinajstić information content (AvgIpc) is 2.31. The summed E-state index contributed by atoms with van der Waals surface area (Å²) in [5, 5.41) is 3.29. The number of hydrogen-bond acceptors (Lipinski definition) is 4. The van der Waals surface area contributed by atoms with Crippen LogP contribution < -0.4 is 11.1 Å². The van der Waals surface area contributed by atoms with Crippen LogP contribution in [0.1, 0.15) is 26.7 Å². The van der Waals surface area contributed by atoms with Crippen LogP contribution >= 0.6 is 0 Å². The Kier molecular flexibility index (Phi) is 5.20. The number of nitrogens with one attached hydrogen (secondary N) is 1. The number of hydrogen-bond donors (Lipinski definition) is 2. The second-order valence-electron chi connectivity index (χ2n) is 4.87. The molecule has 0 fully saturated rings. The largest absolute Gasteiger partial charge is 0.397 e. The zero-order valence-corrected chi connectivity index (χ0v) is 12.8. The second kappa shape index (κ2) is 6.25. The maximum absolute atomic E-state index is 12.0. The fourth-order valence-electron chi connectivity index (χ4n) is 1.81. The summed E-state index contributed by atoms with van der Waals surface area (Å²) in [5.74, 6) is 0. The van der Waals surface area contributed by atoms with Gasteiger partial charge in [0.1, 0.15) is 0 Å². The van der Waals surface area contributed by atoms with Crippen LogP contribution in [0.5, 0.6) is 0 Å². The van der Waals surface area contributed by atoms with Crippen molar-refractivity contribution in [2.75, 3.05) is 25.1 Å². The van der Waals surface area contributed by atoms with Gasteiger partial charge in [-0.25, -0.2) is 12.7 Å². The minimum Gasteiger partial charge on any atom is -0.397 e. The molecule has 0 aliphatic carbocycles. The van der Waals surface area contributed by atoms with Crippen LogP contribution in [0.2, 0.25) is 0 Å². The monoisotopic (exact) mass is 285 g/mol. The number of benzene rings is 1. The Balaban J connectivity index is 2.99. The molecule has 3 N–H and O–H groups in total. The fourth-order valence-corrected chi connectivity index (χ4v) is 2.75. The van der Waals surface area contributed by atoms with E-state index in [0.717, 1.165) is 18.5 Å². The Morgan fingerprint density at radius 1 is 1.37 bits per heavy atom. The molecule has 1 aromatic rings. The normalized spacial score (nSPS) is 13.5. The first-order chi connectivity index (χ1) is 8.78. The molecule has 0 aliphatic heterocycles. The summed E-state index contributed by atoms with van der Waals surface area (Å²) in [6, 6.07) is 5.10. The van der Waals surface area contributed by atoms with Gasteiger partial charge in [-0.3, -0.25) is 0 Å². The first kappa shape index (κ1) is 15.8. The molecule has 1 aromatic carbocycles. The summed E-state index contributed by atoms with van der Waals surface area (Å²) in [6.45, 7) is 4.20. The van der Waals surface area contributed by atoms with Crippen molar-refractivity contribution >= 4 is 21.4 Å². The van der Waals surface area contributed by atoms with E-state index in [-0.39, 0.29) is 4.90 Å². The average molecular weight is 285 g/mol. The molecule has 1 rings (SSSR count). The van der Waals surface area contributed by atoms with Crippen LogP contribution in [0.4, 0.5) is 11.4 Å². The van der Waals surface area contributed by atoms with Gasteiger partial charge in [0.05, 0.1) is 16.3 Å². The minimum atomic E-state index is -3.43. The number of anilines is 2. The molecule has 108 valence electrons. The summed E-state index contributed by atoms with van der Waals surface area (Å²) in [4.78, 5) is 0.212. The molecule has 0 spiro atoms. The fraction of sp³-hybridized carbons (Fsp3) is 0.538. The first-order valence-corrected chi connectivity index (χ1v) is 7.81. The molecule has 1 unspecified atom stereocenters. The van der Waals surface area contributed by atoms with Gasteiger partial charge in [-0.1, -0.05) is 13.3 Å². The lowest BCUT2D eigenvalue weighted by atomic mass is 10.2. The van der Waals surface area contributed by atoms with Gasteiger partial charge in [0.25, 0.3) is 0 Å². The van der Waals surface area contributed by atoms with E-state index in [1.807, 2.05) is 0 Å². The standard InChI is InChI=1S/C13H23N3O2S/c1-5-6-10(2)15-13-8-7-11(9-12(13)14)19(17,18)16(3)4/h7-10,15H,5-6,14H2,1-4H3. The maximum Gasteiger partial charge on any atom is 0.242 e. The zero-order chi connectivity index (χ0) is 14.6. The number of nitrogen functional groups attached to an aromatic ring is 1. The molecular formula is C13H23N3O2S. The molecule has 0 aliphatic rings. The number of rotatable bonds is 6. The van der Waals surface area contributed by atoms with Crippen LogP contribution in [-0.4, -0.2) is 32.9 Å². The second-order valence-corrected chi connectivity index (χ2v) is 7.02. The van der Waals surface area contributed by atoms with E-state index in [9.17, 15) is 8.42 Å². The first-order valence-electron chi connectivity index (χ1n) is 6.37. The number of sulfonamides is 1. The number of nitrogens with zero attached hydrogens (tertiary/aromatic N) is 1. The van der Waals surface area contributed by atoms with E-state index in [1.165, 1.54) is 24.5 Å². The van der Waals surface area contributed by atoms with Gasteiger partial charge in [0, 0.05) is 20.1 Å². The molecular weight excluding hydrogens is 262 g/mol. The lowest BCUT2D eigenvalue weighted by molar-refractivity contribution is 0.521. The van der Waals surface area contributed by atoms with Gasteiger partial charge in [-0.15, -0.1) is 0 Å². The van der Waals surface area contributed by atoms with E-state index in [1.54, 1.807) is 12.1 Å². The lowest BCUT2D eigenvalue weighted by Crippen LogP contribution is -2.22. The summed E-state index contributed by atoms with van der Waals surface area (Å²) in [7, 11) is -0.427. The molecule has 5 nitrogen and oxygen atoms in total. The molecule has 19 heavy (non-hydrogen) atoms. The third-order valence-corrected chi connectivity index (χ3v) is 4.74. The van der Waals surface area contributed by atoms with E-state index < -0.39 is 10.0 Å². The van der Waals surface area contributed by atoms with Crippen LogP contribution in [0, 0.1) is 0 Å². The van der Waals surface area contributed by atoms with Crippen molar-refractivity contribution in [3.63, 3.8) is 0 Å². The highest BCUT2D eigenvalue weighted by Crippen LogP contribution is 2.25. The molecule has 6 heteroatoms. The van der Waals surface area contributed by atoms with Crippen molar-refractivity contribution in [2.24, 2.45) is 0 Å². The number of nitrogens with two attached hydrogens (primary N) is 1. The Morgan fingerprint density at radius 3 is 2.47 bits per heavy atom. The Labute approximate surface area is 115 Å². The smallest absolute Gasteiger partial charge is 0.242 e. The Bertz CT molecular complexity index is 527. The van der Waals surface area contributed by atoms with Crippen molar-refractivity contribution in [3.05, 3.63) is 18.2 Å². The third kappa shape index (κ3) is 3.84. The molecule has 0 amide bonds. The SMILES string of the molecule is CCCC(C)Nc1ccc(S(=O)(=O)N(C)C)cc1N. The Morgan fingerprint density at radius 2 is 2.00 bits per heavy atom. The minimum absolute atomic E-state index is 0.212. The Hall–Kier alpha value is -1.27. The van der Waals surface area contributed by atoms with Crippen molar-refractivity contribution in [1.82, 2.24) is 4.31 Å². The van der Waals surface area contributed by atoms with Gasteiger partial charge < -0.3 is 11.1 Å². The van der Waals surface area contributed by atoms with E-state index >= 15 is 0 Å². The van der Waals surface area contributed by atoms with Crippen LogP contribution in [-0.2, 0) is 10.0 Å².